The summed E-state index contributed by atoms with van der Waals surface area (Å²) in [5.74, 6) is 1.31. The van der Waals surface area contributed by atoms with Gasteiger partial charge >= 0.3 is 0 Å². The van der Waals surface area contributed by atoms with Gasteiger partial charge in [0.2, 0.25) is 5.91 Å². The molecule has 0 bridgehead atoms. The molecule has 0 fully saturated rings. The van der Waals surface area contributed by atoms with E-state index in [2.05, 4.69) is 25.2 Å². The molecule has 1 aliphatic heterocycles. The molecule has 0 saturated heterocycles. The molecule has 0 aliphatic carbocycles. The van der Waals surface area contributed by atoms with Gasteiger partial charge in [0.15, 0.2) is 0 Å². The van der Waals surface area contributed by atoms with E-state index in [4.69, 9.17) is 4.74 Å². The van der Waals surface area contributed by atoms with Crippen molar-refractivity contribution in [2.45, 2.75) is 32.6 Å². The number of methoxy groups -OCH3 is 1. The summed E-state index contributed by atoms with van der Waals surface area (Å²) in [4.78, 5) is 11.3. The smallest absolute Gasteiger partial charge is 0.224 e. The lowest BCUT2D eigenvalue weighted by molar-refractivity contribution is -0.116. The molecular formula is C13H17NO2. The molecule has 1 N–H and O–H groups in total. The van der Waals surface area contributed by atoms with E-state index in [9.17, 15) is 4.79 Å². The molecule has 2 rings (SSSR count). The minimum absolute atomic E-state index is 0.0723. The van der Waals surface area contributed by atoms with Gasteiger partial charge in [0.1, 0.15) is 5.75 Å². The van der Waals surface area contributed by atoms with Crippen molar-refractivity contribution in [2.75, 3.05) is 12.4 Å². The molecule has 0 aromatic heterocycles. The Kier molecular flexibility index (Phi) is 2.86. The number of fused-ring (bicyclic) bond motifs is 1. The maximum Gasteiger partial charge on any atom is 0.224 e. The number of benzene rings is 1. The highest BCUT2D eigenvalue weighted by Crippen LogP contribution is 2.35. The lowest BCUT2D eigenvalue weighted by Crippen LogP contribution is -2.20. The van der Waals surface area contributed by atoms with Crippen LogP contribution in [0.2, 0.25) is 0 Å². The van der Waals surface area contributed by atoms with E-state index in [0.29, 0.717) is 12.3 Å². The van der Waals surface area contributed by atoms with Crippen LogP contribution in [-0.4, -0.2) is 13.0 Å². The van der Waals surface area contributed by atoms with Gasteiger partial charge in [0.05, 0.1) is 12.8 Å². The monoisotopic (exact) mass is 219 g/mol. The summed E-state index contributed by atoms with van der Waals surface area (Å²) in [6, 6.07) is 4.18. The zero-order valence-electron chi connectivity index (χ0n) is 9.96. The van der Waals surface area contributed by atoms with Gasteiger partial charge < -0.3 is 10.1 Å². The molecule has 3 heteroatoms. The van der Waals surface area contributed by atoms with Crippen molar-refractivity contribution >= 4 is 11.6 Å². The summed E-state index contributed by atoms with van der Waals surface area (Å²) in [6.45, 7) is 4.31. The van der Waals surface area contributed by atoms with Gasteiger partial charge in [-0.05, 0) is 29.5 Å². The maximum atomic E-state index is 11.3. The fourth-order valence-corrected chi connectivity index (χ4v) is 1.98. The van der Waals surface area contributed by atoms with Gasteiger partial charge in [-0.25, -0.2) is 0 Å². The van der Waals surface area contributed by atoms with Crippen molar-refractivity contribution in [1.29, 1.82) is 0 Å². The van der Waals surface area contributed by atoms with E-state index in [1.54, 1.807) is 7.11 Å². The molecule has 1 aromatic rings. The zero-order chi connectivity index (χ0) is 11.7. The Labute approximate surface area is 95.8 Å². The van der Waals surface area contributed by atoms with Gasteiger partial charge in [-0.15, -0.1) is 0 Å². The molecule has 16 heavy (non-hydrogen) atoms. The van der Waals surface area contributed by atoms with Crippen molar-refractivity contribution in [3.63, 3.8) is 0 Å². The van der Waals surface area contributed by atoms with Crippen LogP contribution < -0.4 is 10.1 Å². The van der Waals surface area contributed by atoms with Crippen LogP contribution in [0.25, 0.3) is 0 Å². The highest BCUT2D eigenvalue weighted by molar-refractivity contribution is 5.95. The Morgan fingerprint density at radius 1 is 1.31 bits per heavy atom. The number of rotatable bonds is 2. The zero-order valence-corrected chi connectivity index (χ0v) is 9.96. The molecular weight excluding hydrogens is 202 g/mol. The van der Waals surface area contributed by atoms with E-state index in [1.165, 1.54) is 11.1 Å². The molecule has 1 aromatic carbocycles. The summed E-state index contributed by atoms with van der Waals surface area (Å²) < 4.78 is 5.34. The largest absolute Gasteiger partial charge is 0.495 e. The van der Waals surface area contributed by atoms with Crippen LogP contribution in [0.15, 0.2) is 12.1 Å². The molecule has 0 spiro atoms. The van der Waals surface area contributed by atoms with Crippen LogP contribution in [0.3, 0.4) is 0 Å². The molecule has 1 aliphatic rings. The topological polar surface area (TPSA) is 38.3 Å². The number of aryl methyl sites for hydroxylation is 1. The van der Waals surface area contributed by atoms with Crippen LogP contribution in [-0.2, 0) is 11.2 Å². The second kappa shape index (κ2) is 4.16. The van der Waals surface area contributed by atoms with Crippen molar-refractivity contribution in [3.05, 3.63) is 23.3 Å². The first-order valence-corrected chi connectivity index (χ1v) is 5.62. The Hall–Kier alpha value is -1.51. The first-order valence-electron chi connectivity index (χ1n) is 5.62. The number of hydrogen-bond acceptors (Lipinski definition) is 2. The number of anilines is 1. The molecule has 0 radical (unpaired) electrons. The standard InChI is InChI=1S/C13H17NO2/c1-8(2)10-6-9-4-5-12(15)14-13(9)11(7-10)16-3/h6-8H,4-5H2,1-3H3,(H,14,15). The van der Waals surface area contributed by atoms with E-state index in [0.717, 1.165) is 17.9 Å². The summed E-state index contributed by atoms with van der Waals surface area (Å²) in [6.07, 6.45) is 1.37. The molecule has 0 saturated carbocycles. The number of ether oxygens (including phenoxy) is 1. The lowest BCUT2D eigenvalue weighted by atomic mass is 9.95. The molecule has 0 atom stereocenters. The number of amides is 1. The maximum absolute atomic E-state index is 11.3. The van der Waals surface area contributed by atoms with E-state index in [-0.39, 0.29) is 5.91 Å². The number of carbonyl (C=O) groups excluding carboxylic acids is 1. The first-order chi connectivity index (χ1) is 7.61. The predicted molar refractivity (Wildman–Crippen MR) is 64.0 cm³/mol. The van der Waals surface area contributed by atoms with Crippen LogP contribution in [0.5, 0.6) is 5.75 Å². The third-order valence-electron chi connectivity index (χ3n) is 2.98. The minimum atomic E-state index is 0.0723. The number of hydrogen-bond donors (Lipinski definition) is 1. The second-order valence-corrected chi connectivity index (χ2v) is 4.46. The Balaban J connectivity index is 2.50. The van der Waals surface area contributed by atoms with Crippen molar-refractivity contribution < 1.29 is 9.53 Å². The summed E-state index contributed by atoms with van der Waals surface area (Å²) >= 11 is 0. The van der Waals surface area contributed by atoms with Crippen molar-refractivity contribution in [1.82, 2.24) is 0 Å². The molecule has 0 unspecified atom stereocenters. The van der Waals surface area contributed by atoms with Gasteiger partial charge in [0.25, 0.3) is 0 Å². The summed E-state index contributed by atoms with van der Waals surface area (Å²) in [5.41, 5.74) is 3.29. The van der Waals surface area contributed by atoms with Crippen LogP contribution >= 0.6 is 0 Å². The Bertz CT molecular complexity index is 407. The summed E-state index contributed by atoms with van der Waals surface area (Å²) in [7, 11) is 1.64. The molecule has 1 heterocycles. The second-order valence-electron chi connectivity index (χ2n) is 4.46. The molecule has 1 amide bonds. The normalized spacial score (nSPS) is 14.6. The third-order valence-corrected chi connectivity index (χ3v) is 2.98. The lowest BCUT2D eigenvalue weighted by Gasteiger charge is -2.21. The minimum Gasteiger partial charge on any atom is -0.495 e. The molecule has 86 valence electrons. The van der Waals surface area contributed by atoms with Gasteiger partial charge in [0, 0.05) is 6.42 Å². The summed E-state index contributed by atoms with van der Waals surface area (Å²) in [5, 5.41) is 2.88. The quantitative estimate of drug-likeness (QED) is 0.830. The fraction of sp³-hybridized carbons (Fsp3) is 0.462. The van der Waals surface area contributed by atoms with Crippen LogP contribution in [0.1, 0.15) is 37.3 Å². The number of carbonyl (C=O) groups is 1. The highest BCUT2D eigenvalue weighted by Gasteiger charge is 2.20. The third kappa shape index (κ3) is 1.90. The van der Waals surface area contributed by atoms with Crippen LogP contribution in [0.4, 0.5) is 5.69 Å². The molecule has 3 nitrogen and oxygen atoms in total. The predicted octanol–water partition coefficient (Wildman–Crippen LogP) is 2.70. The van der Waals surface area contributed by atoms with E-state index < -0.39 is 0 Å². The van der Waals surface area contributed by atoms with E-state index >= 15 is 0 Å². The van der Waals surface area contributed by atoms with Gasteiger partial charge in [-0.2, -0.15) is 0 Å². The van der Waals surface area contributed by atoms with Crippen LogP contribution in [0, 0.1) is 0 Å². The highest BCUT2D eigenvalue weighted by atomic mass is 16.5. The average Bonchev–Trinajstić information content (AvgIpc) is 2.27. The Morgan fingerprint density at radius 3 is 2.69 bits per heavy atom. The van der Waals surface area contributed by atoms with Gasteiger partial charge in [-0.1, -0.05) is 19.9 Å². The Morgan fingerprint density at radius 2 is 2.06 bits per heavy atom. The fourth-order valence-electron chi connectivity index (χ4n) is 1.98. The van der Waals surface area contributed by atoms with E-state index in [1.807, 2.05) is 6.07 Å². The van der Waals surface area contributed by atoms with Crippen molar-refractivity contribution in [2.24, 2.45) is 0 Å². The van der Waals surface area contributed by atoms with Gasteiger partial charge in [-0.3, -0.25) is 4.79 Å². The SMILES string of the molecule is COc1cc(C(C)C)cc2c1NC(=O)CC2. The number of nitrogens with one attached hydrogen (secondary N) is 1. The van der Waals surface area contributed by atoms with Crippen molar-refractivity contribution in [3.8, 4) is 5.75 Å². The first kappa shape index (κ1) is 11.0. The average molecular weight is 219 g/mol.